The Labute approximate surface area is 118 Å². The zero-order valence-corrected chi connectivity index (χ0v) is 11.1. The number of aryl methyl sites for hydroxylation is 1. The summed E-state index contributed by atoms with van der Waals surface area (Å²) in [5.41, 5.74) is 3.43. The molecule has 1 atom stereocenters. The fourth-order valence-electron chi connectivity index (χ4n) is 1.79. The Balaban J connectivity index is 2.40. The summed E-state index contributed by atoms with van der Waals surface area (Å²) < 4.78 is 41.3. The summed E-state index contributed by atoms with van der Waals surface area (Å²) in [7, 11) is 0. The SMILES string of the molecule is Cc1cnc(C(NN)c2ccccc2OC(F)(F)F)nc1. The van der Waals surface area contributed by atoms with Gasteiger partial charge < -0.3 is 4.74 Å². The lowest BCUT2D eigenvalue weighted by Crippen LogP contribution is -2.31. The number of nitrogens with one attached hydrogen (secondary N) is 1. The van der Waals surface area contributed by atoms with Crippen LogP contribution in [0.1, 0.15) is 23.0 Å². The van der Waals surface area contributed by atoms with Crippen LogP contribution in [0.5, 0.6) is 5.75 Å². The molecule has 0 saturated heterocycles. The molecule has 0 amide bonds. The number of ether oxygens (including phenoxy) is 1. The summed E-state index contributed by atoms with van der Waals surface area (Å²) in [6.07, 6.45) is -1.68. The monoisotopic (exact) mass is 298 g/mol. The van der Waals surface area contributed by atoms with Crippen molar-refractivity contribution in [2.75, 3.05) is 0 Å². The molecule has 0 spiro atoms. The molecule has 0 aliphatic heterocycles. The maximum absolute atomic E-state index is 12.4. The second kappa shape index (κ2) is 6.06. The van der Waals surface area contributed by atoms with E-state index in [1.165, 1.54) is 18.2 Å². The minimum atomic E-state index is -4.79. The zero-order chi connectivity index (χ0) is 15.5. The smallest absolute Gasteiger partial charge is 0.405 e. The highest BCUT2D eigenvalue weighted by molar-refractivity contribution is 5.38. The van der Waals surface area contributed by atoms with Crippen LogP contribution in [-0.4, -0.2) is 16.3 Å². The van der Waals surface area contributed by atoms with E-state index < -0.39 is 12.4 Å². The van der Waals surface area contributed by atoms with Gasteiger partial charge >= 0.3 is 6.36 Å². The molecule has 1 aromatic heterocycles. The number of nitrogens with two attached hydrogens (primary N) is 1. The second-order valence-corrected chi connectivity index (χ2v) is 4.30. The van der Waals surface area contributed by atoms with Gasteiger partial charge in [0.15, 0.2) is 5.82 Å². The summed E-state index contributed by atoms with van der Waals surface area (Å²) in [5.74, 6) is 5.34. The van der Waals surface area contributed by atoms with Crippen molar-refractivity contribution in [1.82, 2.24) is 15.4 Å². The molecule has 0 radical (unpaired) electrons. The molecular weight excluding hydrogens is 285 g/mol. The Morgan fingerprint density at radius 3 is 2.38 bits per heavy atom. The number of para-hydroxylation sites is 1. The van der Waals surface area contributed by atoms with Gasteiger partial charge in [0.25, 0.3) is 0 Å². The van der Waals surface area contributed by atoms with E-state index in [2.05, 4.69) is 20.1 Å². The predicted molar refractivity (Wildman–Crippen MR) is 69.1 cm³/mol. The molecule has 0 fully saturated rings. The molecule has 112 valence electrons. The van der Waals surface area contributed by atoms with Gasteiger partial charge in [0, 0.05) is 18.0 Å². The lowest BCUT2D eigenvalue weighted by Gasteiger charge is -2.19. The van der Waals surface area contributed by atoms with Crippen LogP contribution in [0.2, 0.25) is 0 Å². The predicted octanol–water partition coefficient (Wildman–Crippen LogP) is 2.24. The van der Waals surface area contributed by atoms with E-state index in [1.54, 1.807) is 25.4 Å². The number of benzene rings is 1. The largest absolute Gasteiger partial charge is 0.573 e. The van der Waals surface area contributed by atoms with Gasteiger partial charge in [-0.2, -0.15) is 0 Å². The highest BCUT2D eigenvalue weighted by Crippen LogP contribution is 2.31. The van der Waals surface area contributed by atoms with E-state index in [1.807, 2.05) is 0 Å². The quantitative estimate of drug-likeness (QED) is 0.669. The Hall–Kier alpha value is -2.19. The fourth-order valence-corrected chi connectivity index (χ4v) is 1.79. The number of alkyl halides is 3. The van der Waals surface area contributed by atoms with Crippen molar-refractivity contribution in [2.45, 2.75) is 19.3 Å². The molecule has 0 bridgehead atoms. The molecule has 2 aromatic rings. The Kier molecular flexibility index (Phi) is 4.39. The first-order chi connectivity index (χ1) is 9.90. The van der Waals surface area contributed by atoms with Gasteiger partial charge in [-0.25, -0.2) is 15.4 Å². The Morgan fingerprint density at radius 2 is 1.81 bits per heavy atom. The molecule has 1 heterocycles. The summed E-state index contributed by atoms with van der Waals surface area (Å²) in [6, 6.07) is 4.88. The van der Waals surface area contributed by atoms with Crippen molar-refractivity contribution >= 4 is 0 Å². The van der Waals surface area contributed by atoms with Crippen molar-refractivity contribution in [3.63, 3.8) is 0 Å². The average molecular weight is 298 g/mol. The van der Waals surface area contributed by atoms with Gasteiger partial charge in [0.05, 0.1) is 0 Å². The van der Waals surface area contributed by atoms with Crippen LogP contribution in [0.25, 0.3) is 0 Å². The molecule has 5 nitrogen and oxygen atoms in total. The van der Waals surface area contributed by atoms with Crippen LogP contribution >= 0.6 is 0 Å². The Bertz CT molecular complexity index is 601. The van der Waals surface area contributed by atoms with E-state index in [9.17, 15) is 13.2 Å². The van der Waals surface area contributed by atoms with Gasteiger partial charge in [-0.15, -0.1) is 13.2 Å². The van der Waals surface area contributed by atoms with E-state index in [-0.39, 0.29) is 17.1 Å². The maximum atomic E-state index is 12.4. The number of aromatic nitrogens is 2. The molecule has 2 rings (SSSR count). The molecular formula is C13H13F3N4O. The van der Waals surface area contributed by atoms with Gasteiger partial charge in [-0.3, -0.25) is 5.84 Å². The number of halogens is 3. The van der Waals surface area contributed by atoms with Crippen molar-refractivity contribution in [3.8, 4) is 5.75 Å². The van der Waals surface area contributed by atoms with E-state index in [0.717, 1.165) is 5.56 Å². The number of rotatable bonds is 4. The summed E-state index contributed by atoms with van der Waals surface area (Å²) in [6.45, 7) is 1.80. The topological polar surface area (TPSA) is 73.1 Å². The normalized spacial score (nSPS) is 13.0. The molecule has 1 aromatic carbocycles. The third-order valence-corrected chi connectivity index (χ3v) is 2.68. The first-order valence-electron chi connectivity index (χ1n) is 6.00. The van der Waals surface area contributed by atoms with E-state index >= 15 is 0 Å². The van der Waals surface area contributed by atoms with Gasteiger partial charge in [-0.1, -0.05) is 18.2 Å². The maximum Gasteiger partial charge on any atom is 0.573 e. The molecule has 8 heteroatoms. The van der Waals surface area contributed by atoms with Gasteiger partial charge in [-0.05, 0) is 18.6 Å². The van der Waals surface area contributed by atoms with Crippen molar-refractivity contribution < 1.29 is 17.9 Å². The average Bonchev–Trinajstić information content (AvgIpc) is 2.42. The first-order valence-corrected chi connectivity index (χ1v) is 6.00. The van der Waals surface area contributed by atoms with E-state index in [0.29, 0.717) is 0 Å². The van der Waals surface area contributed by atoms with Crippen molar-refractivity contribution in [2.24, 2.45) is 5.84 Å². The van der Waals surface area contributed by atoms with Crippen LogP contribution in [-0.2, 0) is 0 Å². The molecule has 0 saturated carbocycles. The third kappa shape index (κ3) is 3.89. The number of hydrogen-bond donors (Lipinski definition) is 2. The zero-order valence-electron chi connectivity index (χ0n) is 11.1. The standard InChI is InChI=1S/C13H13F3N4O/c1-8-6-18-12(19-7-8)11(20-17)9-4-2-3-5-10(9)21-13(14,15)16/h2-7,11,20H,17H2,1H3. The van der Waals surface area contributed by atoms with E-state index in [4.69, 9.17) is 5.84 Å². The van der Waals surface area contributed by atoms with Gasteiger partial charge in [0.1, 0.15) is 11.8 Å². The van der Waals surface area contributed by atoms with Crippen LogP contribution < -0.4 is 16.0 Å². The minimum Gasteiger partial charge on any atom is -0.405 e. The highest BCUT2D eigenvalue weighted by Gasteiger charge is 2.33. The third-order valence-electron chi connectivity index (χ3n) is 2.68. The summed E-state index contributed by atoms with van der Waals surface area (Å²) in [5, 5.41) is 0. The van der Waals surface area contributed by atoms with Crippen LogP contribution in [0.3, 0.4) is 0 Å². The van der Waals surface area contributed by atoms with Crippen LogP contribution in [0.15, 0.2) is 36.7 Å². The summed E-state index contributed by atoms with van der Waals surface area (Å²) >= 11 is 0. The second-order valence-electron chi connectivity index (χ2n) is 4.30. The molecule has 0 aliphatic rings. The van der Waals surface area contributed by atoms with Crippen LogP contribution in [0, 0.1) is 6.92 Å². The van der Waals surface area contributed by atoms with Crippen LogP contribution in [0.4, 0.5) is 13.2 Å². The molecule has 21 heavy (non-hydrogen) atoms. The molecule has 0 aliphatic carbocycles. The number of nitrogens with zero attached hydrogens (tertiary/aromatic N) is 2. The fraction of sp³-hybridized carbons (Fsp3) is 0.231. The first kappa shape index (κ1) is 15.2. The number of hydrogen-bond acceptors (Lipinski definition) is 5. The number of hydrazine groups is 1. The summed E-state index contributed by atoms with van der Waals surface area (Å²) in [4.78, 5) is 8.15. The highest BCUT2D eigenvalue weighted by atomic mass is 19.4. The Morgan fingerprint density at radius 1 is 1.19 bits per heavy atom. The lowest BCUT2D eigenvalue weighted by atomic mass is 10.1. The van der Waals surface area contributed by atoms with Crippen molar-refractivity contribution in [3.05, 3.63) is 53.6 Å². The minimum absolute atomic E-state index is 0.196. The lowest BCUT2D eigenvalue weighted by molar-refractivity contribution is -0.275. The van der Waals surface area contributed by atoms with Gasteiger partial charge in [0.2, 0.25) is 0 Å². The van der Waals surface area contributed by atoms with Crippen molar-refractivity contribution in [1.29, 1.82) is 0 Å². The molecule has 3 N–H and O–H groups in total. The molecule has 1 unspecified atom stereocenters.